The van der Waals surface area contributed by atoms with Crippen LogP contribution in [0.15, 0.2) is 29.2 Å². The average Bonchev–Trinajstić information content (AvgIpc) is 2.40. The first kappa shape index (κ1) is 17.3. The lowest BCUT2D eigenvalue weighted by atomic mass is 9.95. The van der Waals surface area contributed by atoms with Crippen molar-refractivity contribution in [3.63, 3.8) is 0 Å². The number of nitrogens with one attached hydrogen (secondary N) is 2. The fraction of sp³-hybridized carbons (Fsp3) is 0.533. The zero-order valence-electron chi connectivity index (χ0n) is 12.0. The second kappa shape index (κ2) is 8.55. The molecule has 1 saturated heterocycles. The number of rotatable bonds is 4. The molecule has 1 heterocycles. The van der Waals surface area contributed by atoms with Crippen molar-refractivity contribution in [1.29, 1.82) is 0 Å². The van der Waals surface area contributed by atoms with Crippen LogP contribution in [0, 0.1) is 12.8 Å². The molecule has 1 fully saturated rings. The van der Waals surface area contributed by atoms with Crippen LogP contribution in [-0.2, 0) is 4.79 Å². The lowest BCUT2D eigenvalue weighted by Crippen LogP contribution is -2.48. The molecule has 0 saturated carbocycles. The highest BCUT2D eigenvalue weighted by molar-refractivity contribution is 8.00. The number of benzene rings is 1. The second-order valence-corrected chi connectivity index (χ2v) is 6.22. The quantitative estimate of drug-likeness (QED) is 0.839. The summed E-state index contributed by atoms with van der Waals surface area (Å²) >= 11 is 1.62. The Morgan fingerprint density at radius 1 is 1.45 bits per heavy atom. The summed E-state index contributed by atoms with van der Waals surface area (Å²) in [4.78, 5) is 13.2. The molecule has 3 nitrogen and oxygen atoms in total. The lowest BCUT2D eigenvalue weighted by Gasteiger charge is -2.30. The Hall–Kier alpha value is -0.710. The summed E-state index contributed by atoms with van der Waals surface area (Å²) < 4.78 is 0. The maximum atomic E-state index is 12.0. The summed E-state index contributed by atoms with van der Waals surface area (Å²) in [5.74, 6) is 1.16. The lowest BCUT2D eigenvalue weighted by molar-refractivity contribution is -0.119. The highest BCUT2D eigenvalue weighted by Crippen LogP contribution is 2.21. The van der Waals surface area contributed by atoms with Crippen LogP contribution >= 0.6 is 24.2 Å². The zero-order chi connectivity index (χ0) is 13.7. The smallest absolute Gasteiger partial charge is 0.230 e. The summed E-state index contributed by atoms with van der Waals surface area (Å²) in [6.07, 6.45) is 1.03. The first-order valence-electron chi connectivity index (χ1n) is 6.85. The Labute approximate surface area is 131 Å². The van der Waals surface area contributed by atoms with E-state index >= 15 is 0 Å². The molecule has 20 heavy (non-hydrogen) atoms. The van der Waals surface area contributed by atoms with E-state index in [4.69, 9.17) is 0 Å². The van der Waals surface area contributed by atoms with Crippen molar-refractivity contribution in [2.45, 2.75) is 31.2 Å². The number of thioether (sulfide) groups is 1. The highest BCUT2D eigenvalue weighted by Gasteiger charge is 2.22. The second-order valence-electron chi connectivity index (χ2n) is 5.20. The van der Waals surface area contributed by atoms with E-state index in [-0.39, 0.29) is 18.3 Å². The minimum absolute atomic E-state index is 0. The standard InChI is InChI=1S/C15H22N2OS.ClH/c1-11-5-3-4-6-14(11)19-10-15(18)17-13-7-8-16-9-12(13)2;/h3-6,12-13,16H,7-10H2,1-2H3,(H,17,18);1H. The van der Waals surface area contributed by atoms with E-state index in [0.717, 1.165) is 19.5 Å². The molecule has 5 heteroatoms. The van der Waals surface area contributed by atoms with Crippen molar-refractivity contribution >= 4 is 30.1 Å². The van der Waals surface area contributed by atoms with Crippen LogP contribution < -0.4 is 10.6 Å². The number of hydrogen-bond donors (Lipinski definition) is 2. The Bertz CT molecular complexity index is 442. The van der Waals surface area contributed by atoms with E-state index in [0.29, 0.717) is 17.7 Å². The van der Waals surface area contributed by atoms with Gasteiger partial charge in [-0.25, -0.2) is 0 Å². The normalized spacial score (nSPS) is 21.9. The van der Waals surface area contributed by atoms with Gasteiger partial charge in [0, 0.05) is 10.9 Å². The topological polar surface area (TPSA) is 41.1 Å². The number of hydrogen-bond acceptors (Lipinski definition) is 3. The molecule has 2 rings (SSSR count). The van der Waals surface area contributed by atoms with Crippen molar-refractivity contribution < 1.29 is 4.79 Å². The molecule has 1 amide bonds. The minimum atomic E-state index is 0. The van der Waals surface area contributed by atoms with Gasteiger partial charge in [-0.05, 0) is 44.0 Å². The van der Waals surface area contributed by atoms with Gasteiger partial charge < -0.3 is 10.6 Å². The van der Waals surface area contributed by atoms with E-state index in [2.05, 4.69) is 36.6 Å². The summed E-state index contributed by atoms with van der Waals surface area (Å²) in [6, 6.07) is 8.51. The number of aryl methyl sites for hydroxylation is 1. The first-order valence-corrected chi connectivity index (χ1v) is 7.84. The molecule has 1 aliphatic heterocycles. The molecular formula is C15H23ClN2OS. The van der Waals surface area contributed by atoms with Crippen molar-refractivity contribution in [3.05, 3.63) is 29.8 Å². The molecule has 2 unspecified atom stereocenters. The Morgan fingerprint density at radius 3 is 2.90 bits per heavy atom. The van der Waals surface area contributed by atoms with E-state index < -0.39 is 0 Å². The van der Waals surface area contributed by atoms with Gasteiger partial charge in [0.15, 0.2) is 0 Å². The molecule has 1 aromatic carbocycles. The van der Waals surface area contributed by atoms with Gasteiger partial charge in [-0.1, -0.05) is 25.1 Å². The summed E-state index contributed by atoms with van der Waals surface area (Å²) in [5.41, 5.74) is 1.23. The van der Waals surface area contributed by atoms with Gasteiger partial charge in [-0.15, -0.1) is 24.2 Å². The third-order valence-electron chi connectivity index (χ3n) is 3.58. The fourth-order valence-corrected chi connectivity index (χ4v) is 3.18. The summed E-state index contributed by atoms with van der Waals surface area (Å²) in [6.45, 7) is 6.26. The van der Waals surface area contributed by atoms with Gasteiger partial charge in [0.05, 0.1) is 5.75 Å². The average molecular weight is 315 g/mol. The molecule has 2 N–H and O–H groups in total. The van der Waals surface area contributed by atoms with Crippen molar-refractivity contribution in [3.8, 4) is 0 Å². The van der Waals surface area contributed by atoms with Gasteiger partial charge in [-0.3, -0.25) is 4.79 Å². The third kappa shape index (κ3) is 5.00. The fourth-order valence-electron chi connectivity index (χ4n) is 2.34. The first-order chi connectivity index (χ1) is 9.16. The van der Waals surface area contributed by atoms with Crippen LogP contribution in [0.3, 0.4) is 0 Å². The van der Waals surface area contributed by atoms with Gasteiger partial charge in [0.2, 0.25) is 5.91 Å². The Kier molecular flexibility index (Phi) is 7.41. The van der Waals surface area contributed by atoms with Gasteiger partial charge in [0.1, 0.15) is 0 Å². The van der Waals surface area contributed by atoms with E-state index in [1.54, 1.807) is 11.8 Å². The molecule has 0 radical (unpaired) electrons. The predicted octanol–water partition coefficient (Wildman–Crippen LogP) is 2.62. The SMILES string of the molecule is Cc1ccccc1SCC(=O)NC1CCNCC1C.Cl. The molecule has 0 aromatic heterocycles. The van der Waals surface area contributed by atoms with E-state index in [1.165, 1.54) is 10.5 Å². The minimum Gasteiger partial charge on any atom is -0.352 e. The molecule has 112 valence electrons. The molecule has 0 spiro atoms. The Balaban J connectivity index is 0.00000200. The molecule has 2 atom stereocenters. The number of carbonyl (C=O) groups is 1. The van der Waals surface area contributed by atoms with Crippen LogP contribution in [-0.4, -0.2) is 30.8 Å². The third-order valence-corrected chi connectivity index (χ3v) is 4.76. The van der Waals surface area contributed by atoms with Gasteiger partial charge in [-0.2, -0.15) is 0 Å². The zero-order valence-corrected chi connectivity index (χ0v) is 13.7. The number of amides is 1. The molecule has 1 aromatic rings. The molecular weight excluding hydrogens is 292 g/mol. The molecule has 0 bridgehead atoms. The van der Waals surface area contributed by atoms with Gasteiger partial charge in [0.25, 0.3) is 0 Å². The predicted molar refractivity (Wildman–Crippen MR) is 87.7 cm³/mol. The van der Waals surface area contributed by atoms with Crippen LogP contribution in [0.4, 0.5) is 0 Å². The van der Waals surface area contributed by atoms with Crippen molar-refractivity contribution in [2.75, 3.05) is 18.8 Å². The number of carbonyl (C=O) groups excluding carboxylic acids is 1. The highest BCUT2D eigenvalue weighted by atomic mass is 35.5. The van der Waals surface area contributed by atoms with Crippen LogP contribution in [0.5, 0.6) is 0 Å². The number of piperidine rings is 1. The molecule has 0 aliphatic carbocycles. The monoisotopic (exact) mass is 314 g/mol. The van der Waals surface area contributed by atoms with Gasteiger partial charge >= 0.3 is 0 Å². The summed E-state index contributed by atoms with van der Waals surface area (Å²) in [7, 11) is 0. The van der Waals surface area contributed by atoms with Crippen molar-refractivity contribution in [2.24, 2.45) is 5.92 Å². The van der Waals surface area contributed by atoms with E-state index in [1.807, 2.05) is 12.1 Å². The van der Waals surface area contributed by atoms with Crippen molar-refractivity contribution in [1.82, 2.24) is 10.6 Å². The van der Waals surface area contributed by atoms with E-state index in [9.17, 15) is 4.79 Å². The van der Waals surface area contributed by atoms with Crippen LogP contribution in [0.2, 0.25) is 0 Å². The van der Waals surface area contributed by atoms with Crippen LogP contribution in [0.25, 0.3) is 0 Å². The maximum Gasteiger partial charge on any atom is 0.230 e. The summed E-state index contributed by atoms with van der Waals surface area (Å²) in [5, 5.41) is 6.51. The Morgan fingerprint density at radius 2 is 2.20 bits per heavy atom. The number of halogens is 1. The van der Waals surface area contributed by atoms with Crippen LogP contribution in [0.1, 0.15) is 18.9 Å². The molecule has 1 aliphatic rings. The largest absolute Gasteiger partial charge is 0.352 e. The maximum absolute atomic E-state index is 12.0.